The van der Waals surface area contributed by atoms with E-state index in [1.807, 2.05) is 25.1 Å². The quantitative estimate of drug-likeness (QED) is 0.675. The first-order chi connectivity index (χ1) is 8.77. The number of hydrogen-bond donors (Lipinski definition) is 0. The molecule has 18 heavy (non-hydrogen) atoms. The molecular weight excluding hydrogens is 222 g/mol. The molecule has 0 aromatic heterocycles. The summed E-state index contributed by atoms with van der Waals surface area (Å²) in [4.78, 5) is 14.5. The number of hydrogen-bond acceptors (Lipinski definition) is 2. The van der Waals surface area contributed by atoms with E-state index in [-0.39, 0.29) is 5.78 Å². The van der Waals surface area contributed by atoms with Crippen LogP contribution in [0.15, 0.2) is 24.3 Å². The molecule has 0 heterocycles. The average molecular weight is 245 g/mol. The lowest BCUT2D eigenvalue weighted by molar-refractivity contribution is 0.0988. The van der Waals surface area contributed by atoms with Crippen molar-refractivity contribution in [2.24, 2.45) is 0 Å². The molecule has 0 spiro atoms. The van der Waals surface area contributed by atoms with E-state index in [1.165, 1.54) is 25.7 Å². The second-order valence-corrected chi connectivity index (χ2v) is 5.07. The number of carbonyl (C=O) groups is 1. The molecule has 0 amide bonds. The highest BCUT2D eigenvalue weighted by Crippen LogP contribution is 2.34. The molecular formula is C16H23NO. The van der Waals surface area contributed by atoms with Crippen molar-refractivity contribution >= 4 is 11.5 Å². The summed E-state index contributed by atoms with van der Waals surface area (Å²) >= 11 is 0. The fraction of sp³-hybridized carbons (Fsp3) is 0.562. The van der Waals surface area contributed by atoms with E-state index in [4.69, 9.17) is 0 Å². The zero-order valence-electron chi connectivity index (χ0n) is 11.5. The van der Waals surface area contributed by atoms with Gasteiger partial charge in [0.1, 0.15) is 0 Å². The molecule has 2 rings (SSSR count). The van der Waals surface area contributed by atoms with Crippen molar-refractivity contribution in [2.75, 3.05) is 11.4 Å². The molecule has 1 saturated carbocycles. The fourth-order valence-corrected chi connectivity index (χ4v) is 2.36. The highest BCUT2D eigenvalue weighted by Gasteiger charge is 2.30. The van der Waals surface area contributed by atoms with Crippen LogP contribution in [-0.4, -0.2) is 18.4 Å². The van der Waals surface area contributed by atoms with E-state index in [0.29, 0.717) is 12.5 Å². The summed E-state index contributed by atoms with van der Waals surface area (Å²) in [6.45, 7) is 5.23. The summed E-state index contributed by atoms with van der Waals surface area (Å²) in [5.74, 6) is 0.257. The Morgan fingerprint density at radius 3 is 2.61 bits per heavy atom. The second-order valence-electron chi connectivity index (χ2n) is 5.07. The molecule has 1 aromatic rings. The number of carbonyl (C=O) groups excluding carboxylic acids is 1. The van der Waals surface area contributed by atoms with Gasteiger partial charge in [-0.3, -0.25) is 4.79 Å². The number of ketones is 1. The first-order valence-corrected chi connectivity index (χ1v) is 7.16. The van der Waals surface area contributed by atoms with Crippen molar-refractivity contribution in [2.45, 2.75) is 52.0 Å². The van der Waals surface area contributed by atoms with Crippen LogP contribution in [0, 0.1) is 0 Å². The molecule has 2 nitrogen and oxygen atoms in total. The minimum Gasteiger partial charge on any atom is -0.368 e. The Morgan fingerprint density at radius 2 is 2.00 bits per heavy atom. The van der Waals surface area contributed by atoms with Crippen molar-refractivity contribution in [3.63, 3.8) is 0 Å². The third-order valence-electron chi connectivity index (χ3n) is 3.58. The Balaban J connectivity index is 2.25. The van der Waals surface area contributed by atoms with E-state index in [1.54, 1.807) is 0 Å². The zero-order valence-corrected chi connectivity index (χ0v) is 11.5. The van der Waals surface area contributed by atoms with Gasteiger partial charge >= 0.3 is 0 Å². The molecule has 0 atom stereocenters. The van der Waals surface area contributed by atoms with Gasteiger partial charge < -0.3 is 4.90 Å². The highest BCUT2D eigenvalue weighted by molar-refractivity contribution is 6.01. The molecule has 98 valence electrons. The van der Waals surface area contributed by atoms with Crippen LogP contribution in [0.5, 0.6) is 0 Å². The molecule has 0 unspecified atom stereocenters. The molecule has 2 heteroatoms. The lowest BCUT2D eigenvalue weighted by Gasteiger charge is -2.26. The van der Waals surface area contributed by atoms with Crippen LogP contribution < -0.4 is 4.90 Å². The van der Waals surface area contributed by atoms with Gasteiger partial charge in [0, 0.05) is 30.3 Å². The third kappa shape index (κ3) is 2.92. The molecule has 1 aliphatic carbocycles. The Morgan fingerprint density at radius 1 is 1.28 bits per heavy atom. The van der Waals surface area contributed by atoms with Crippen molar-refractivity contribution in [3.8, 4) is 0 Å². The van der Waals surface area contributed by atoms with Crippen molar-refractivity contribution in [1.82, 2.24) is 0 Å². The van der Waals surface area contributed by atoms with E-state index in [0.717, 1.165) is 17.8 Å². The van der Waals surface area contributed by atoms with Crippen LogP contribution in [0.25, 0.3) is 0 Å². The fourth-order valence-electron chi connectivity index (χ4n) is 2.36. The van der Waals surface area contributed by atoms with E-state index in [9.17, 15) is 4.79 Å². The minimum atomic E-state index is 0.257. The van der Waals surface area contributed by atoms with Gasteiger partial charge in [-0.2, -0.15) is 0 Å². The lowest BCUT2D eigenvalue weighted by Crippen LogP contribution is -2.28. The Labute approximate surface area is 110 Å². The molecule has 0 saturated heterocycles. The van der Waals surface area contributed by atoms with Crippen molar-refractivity contribution in [1.29, 1.82) is 0 Å². The first kappa shape index (κ1) is 13.1. The number of benzene rings is 1. The van der Waals surface area contributed by atoms with Crippen molar-refractivity contribution < 1.29 is 4.79 Å². The number of unbranched alkanes of at least 4 members (excludes halogenated alkanes) is 1. The summed E-state index contributed by atoms with van der Waals surface area (Å²) in [5.41, 5.74) is 2.06. The number of anilines is 1. The maximum atomic E-state index is 12.0. The van der Waals surface area contributed by atoms with Gasteiger partial charge in [-0.05, 0) is 31.4 Å². The van der Waals surface area contributed by atoms with Gasteiger partial charge in [-0.1, -0.05) is 32.4 Å². The van der Waals surface area contributed by atoms with E-state index < -0.39 is 0 Å². The van der Waals surface area contributed by atoms with Crippen LogP contribution in [0.1, 0.15) is 56.3 Å². The predicted octanol–water partition coefficient (Wildman–Crippen LogP) is 4.05. The van der Waals surface area contributed by atoms with Crippen LogP contribution in [-0.2, 0) is 0 Å². The monoisotopic (exact) mass is 245 g/mol. The molecule has 0 radical (unpaired) electrons. The number of nitrogens with zero attached hydrogens (tertiary/aromatic N) is 1. The van der Waals surface area contributed by atoms with Crippen LogP contribution in [0.3, 0.4) is 0 Å². The minimum absolute atomic E-state index is 0.257. The third-order valence-corrected chi connectivity index (χ3v) is 3.58. The average Bonchev–Trinajstić information content (AvgIpc) is 3.23. The standard InChI is InChI=1S/C16H23NO/c1-3-5-12-17(13-10-11-13)15-9-7-6-8-14(15)16(18)4-2/h6-9,13H,3-5,10-12H2,1-2H3. The topological polar surface area (TPSA) is 20.3 Å². The largest absolute Gasteiger partial charge is 0.368 e. The number of rotatable bonds is 7. The SMILES string of the molecule is CCCCN(c1ccccc1C(=O)CC)C1CC1. The van der Waals surface area contributed by atoms with Crippen molar-refractivity contribution in [3.05, 3.63) is 29.8 Å². The Hall–Kier alpha value is -1.31. The van der Waals surface area contributed by atoms with Crippen LogP contribution in [0.2, 0.25) is 0 Å². The predicted molar refractivity (Wildman–Crippen MR) is 76.3 cm³/mol. The smallest absolute Gasteiger partial charge is 0.164 e. The molecule has 1 aliphatic rings. The Kier molecular flexibility index (Phi) is 4.40. The molecule has 0 N–H and O–H groups in total. The van der Waals surface area contributed by atoms with Gasteiger partial charge in [-0.15, -0.1) is 0 Å². The highest BCUT2D eigenvalue weighted by atomic mass is 16.1. The maximum Gasteiger partial charge on any atom is 0.164 e. The Bertz CT molecular complexity index is 409. The van der Waals surface area contributed by atoms with Crippen LogP contribution in [0.4, 0.5) is 5.69 Å². The number of para-hydroxylation sites is 1. The summed E-state index contributed by atoms with van der Waals surface area (Å²) in [5, 5.41) is 0. The molecule has 0 aliphatic heterocycles. The second kappa shape index (κ2) is 6.03. The van der Waals surface area contributed by atoms with Gasteiger partial charge in [-0.25, -0.2) is 0 Å². The van der Waals surface area contributed by atoms with Gasteiger partial charge in [0.25, 0.3) is 0 Å². The van der Waals surface area contributed by atoms with Crippen LogP contribution >= 0.6 is 0 Å². The summed E-state index contributed by atoms with van der Waals surface area (Å²) in [6.07, 6.45) is 5.54. The number of Topliss-reactive ketones (excluding diaryl/α,β-unsaturated/α-hetero) is 1. The lowest BCUT2D eigenvalue weighted by atomic mass is 10.1. The zero-order chi connectivity index (χ0) is 13.0. The van der Waals surface area contributed by atoms with E-state index >= 15 is 0 Å². The normalized spacial score (nSPS) is 14.6. The molecule has 1 fully saturated rings. The summed E-state index contributed by atoms with van der Waals surface area (Å²) in [7, 11) is 0. The van der Waals surface area contributed by atoms with Gasteiger partial charge in [0.05, 0.1) is 0 Å². The molecule has 0 bridgehead atoms. The maximum absolute atomic E-state index is 12.0. The molecule has 1 aromatic carbocycles. The summed E-state index contributed by atoms with van der Waals surface area (Å²) < 4.78 is 0. The van der Waals surface area contributed by atoms with Gasteiger partial charge in [0.15, 0.2) is 5.78 Å². The van der Waals surface area contributed by atoms with E-state index in [2.05, 4.69) is 17.9 Å². The summed E-state index contributed by atoms with van der Waals surface area (Å²) in [6, 6.07) is 8.77. The van der Waals surface area contributed by atoms with Gasteiger partial charge in [0.2, 0.25) is 0 Å². The first-order valence-electron chi connectivity index (χ1n) is 7.16.